The van der Waals surface area contributed by atoms with E-state index < -0.39 is 0 Å². The first-order valence-electron chi connectivity index (χ1n) is 12.4. The van der Waals surface area contributed by atoms with Crippen LogP contribution >= 0.6 is 11.8 Å². The van der Waals surface area contributed by atoms with E-state index in [0.717, 1.165) is 24.2 Å². The van der Waals surface area contributed by atoms with Crippen LogP contribution in [0.25, 0.3) is 0 Å². The number of hydrogen-bond acceptors (Lipinski definition) is 6. The average molecular weight is 513 g/mol. The molecule has 1 heterocycles. The number of rotatable bonds is 10. The van der Waals surface area contributed by atoms with Gasteiger partial charge in [0, 0.05) is 31.9 Å². The van der Waals surface area contributed by atoms with Gasteiger partial charge in [0.1, 0.15) is 0 Å². The standard InChI is InChI=1S/C30H32N4O2S/c1-4-31-26-16-15-25(22(2)35)19-27(26)32-30-34(20-24-13-9-6-10-14-24)29(36)28(37-30)21-33(3)18-17-23-11-7-5-8-12-23/h5-16,19,21,31H,4,17-18,20H2,1-3H3/b28-21-,32-30-. The van der Waals surface area contributed by atoms with Crippen molar-refractivity contribution < 1.29 is 9.59 Å². The molecular formula is C30H32N4O2S. The Morgan fingerprint density at radius 1 is 1.03 bits per heavy atom. The minimum atomic E-state index is -0.0770. The molecule has 7 heteroatoms. The Kier molecular flexibility index (Phi) is 8.80. The van der Waals surface area contributed by atoms with Gasteiger partial charge in [0.2, 0.25) is 0 Å². The number of anilines is 1. The largest absolute Gasteiger partial charge is 0.384 e. The van der Waals surface area contributed by atoms with Crippen molar-refractivity contribution in [1.82, 2.24) is 9.80 Å². The molecule has 1 fully saturated rings. The van der Waals surface area contributed by atoms with Crippen molar-refractivity contribution in [2.75, 3.05) is 25.5 Å². The van der Waals surface area contributed by atoms with Crippen LogP contribution in [0.2, 0.25) is 0 Å². The maximum absolute atomic E-state index is 13.6. The fourth-order valence-electron chi connectivity index (χ4n) is 3.99. The number of carbonyl (C=O) groups is 2. The van der Waals surface area contributed by atoms with E-state index in [1.54, 1.807) is 24.0 Å². The number of amides is 1. The molecule has 4 rings (SSSR count). The molecule has 6 nitrogen and oxygen atoms in total. The van der Waals surface area contributed by atoms with Crippen LogP contribution < -0.4 is 5.32 Å². The smallest absolute Gasteiger partial charge is 0.268 e. The lowest BCUT2D eigenvalue weighted by molar-refractivity contribution is -0.122. The fourth-order valence-corrected chi connectivity index (χ4v) is 5.02. The second-order valence-electron chi connectivity index (χ2n) is 8.90. The number of aliphatic imine (C=N–C) groups is 1. The lowest BCUT2D eigenvalue weighted by Gasteiger charge is -2.17. The summed E-state index contributed by atoms with van der Waals surface area (Å²) in [4.78, 5) is 34.9. The molecular weight excluding hydrogens is 480 g/mol. The van der Waals surface area contributed by atoms with Crippen molar-refractivity contribution in [1.29, 1.82) is 0 Å². The molecule has 1 aliphatic rings. The normalized spacial score (nSPS) is 15.4. The molecule has 0 bridgehead atoms. The van der Waals surface area contributed by atoms with Gasteiger partial charge in [-0.25, -0.2) is 4.99 Å². The van der Waals surface area contributed by atoms with E-state index in [1.165, 1.54) is 17.3 Å². The summed E-state index contributed by atoms with van der Waals surface area (Å²) in [6.07, 6.45) is 2.80. The molecule has 190 valence electrons. The molecule has 0 atom stereocenters. The minimum Gasteiger partial charge on any atom is -0.384 e. The first kappa shape index (κ1) is 26.2. The second kappa shape index (κ2) is 12.4. The molecule has 0 aliphatic carbocycles. The number of benzene rings is 3. The minimum absolute atomic E-state index is 0.0265. The van der Waals surface area contributed by atoms with Crippen molar-refractivity contribution >= 4 is 40.0 Å². The predicted octanol–water partition coefficient (Wildman–Crippen LogP) is 6.10. The molecule has 0 unspecified atom stereocenters. The first-order valence-corrected chi connectivity index (χ1v) is 13.2. The van der Waals surface area contributed by atoms with Gasteiger partial charge in [-0.15, -0.1) is 0 Å². The van der Waals surface area contributed by atoms with E-state index in [4.69, 9.17) is 4.99 Å². The Morgan fingerprint density at radius 3 is 2.35 bits per heavy atom. The number of Topliss-reactive ketones (excluding diaryl/α,β-unsaturated/α-hetero) is 1. The molecule has 37 heavy (non-hydrogen) atoms. The Hall–Kier alpha value is -3.84. The number of thioether (sulfide) groups is 1. The van der Waals surface area contributed by atoms with Crippen LogP contribution in [0.3, 0.4) is 0 Å². The zero-order valence-corrected chi connectivity index (χ0v) is 22.3. The van der Waals surface area contributed by atoms with Gasteiger partial charge >= 0.3 is 0 Å². The number of amidine groups is 1. The van der Waals surface area contributed by atoms with Crippen molar-refractivity contribution in [2.24, 2.45) is 4.99 Å². The monoisotopic (exact) mass is 512 g/mol. The van der Waals surface area contributed by atoms with Gasteiger partial charge in [-0.1, -0.05) is 60.7 Å². The molecule has 1 aliphatic heterocycles. The molecule has 3 aromatic rings. The Balaban J connectivity index is 1.65. The predicted molar refractivity (Wildman–Crippen MR) is 153 cm³/mol. The molecule has 0 saturated carbocycles. The summed E-state index contributed by atoms with van der Waals surface area (Å²) in [6.45, 7) is 5.48. The lowest BCUT2D eigenvalue weighted by Crippen LogP contribution is -2.29. The summed E-state index contributed by atoms with van der Waals surface area (Å²) in [6, 6.07) is 25.7. The number of carbonyl (C=O) groups excluding carboxylic acids is 2. The van der Waals surface area contributed by atoms with E-state index in [9.17, 15) is 9.59 Å². The maximum atomic E-state index is 13.6. The topological polar surface area (TPSA) is 65.0 Å². The van der Waals surface area contributed by atoms with Crippen molar-refractivity contribution in [3.63, 3.8) is 0 Å². The van der Waals surface area contributed by atoms with Crippen LogP contribution in [0.1, 0.15) is 35.3 Å². The van der Waals surface area contributed by atoms with Gasteiger partial charge < -0.3 is 10.2 Å². The summed E-state index contributed by atoms with van der Waals surface area (Å²) < 4.78 is 0. The summed E-state index contributed by atoms with van der Waals surface area (Å²) >= 11 is 1.37. The van der Waals surface area contributed by atoms with Gasteiger partial charge in [0.05, 0.1) is 22.8 Å². The van der Waals surface area contributed by atoms with Gasteiger partial charge in [-0.3, -0.25) is 14.5 Å². The van der Waals surface area contributed by atoms with Crippen molar-refractivity contribution in [3.8, 4) is 0 Å². The molecule has 0 aromatic heterocycles. The highest BCUT2D eigenvalue weighted by Crippen LogP contribution is 2.36. The molecule has 1 saturated heterocycles. The van der Waals surface area contributed by atoms with Gasteiger partial charge in [-0.2, -0.15) is 0 Å². The van der Waals surface area contributed by atoms with Crippen LogP contribution in [0.15, 0.2) is 95.0 Å². The van der Waals surface area contributed by atoms with E-state index in [1.807, 2.05) is 74.8 Å². The number of ketones is 1. The third-order valence-corrected chi connectivity index (χ3v) is 6.99. The second-order valence-corrected chi connectivity index (χ2v) is 9.91. The lowest BCUT2D eigenvalue weighted by atomic mass is 10.1. The van der Waals surface area contributed by atoms with E-state index in [2.05, 4.69) is 22.3 Å². The zero-order valence-electron chi connectivity index (χ0n) is 21.5. The molecule has 1 N–H and O–H groups in total. The summed E-state index contributed by atoms with van der Waals surface area (Å²) in [5.74, 6) is -0.103. The Bertz CT molecular complexity index is 1310. The summed E-state index contributed by atoms with van der Waals surface area (Å²) in [5.41, 5.74) is 4.33. The molecule has 1 amide bonds. The molecule has 3 aromatic carbocycles. The third kappa shape index (κ3) is 6.89. The third-order valence-electron chi connectivity index (χ3n) is 5.99. The zero-order chi connectivity index (χ0) is 26.2. The van der Waals surface area contributed by atoms with Gasteiger partial charge in [-0.05, 0) is 61.4 Å². The van der Waals surface area contributed by atoms with Gasteiger partial charge in [0.25, 0.3) is 5.91 Å². The maximum Gasteiger partial charge on any atom is 0.268 e. The number of nitrogens with one attached hydrogen (secondary N) is 1. The summed E-state index contributed by atoms with van der Waals surface area (Å²) in [7, 11) is 1.99. The van der Waals surface area contributed by atoms with E-state index in [-0.39, 0.29) is 11.7 Å². The highest BCUT2D eigenvalue weighted by Gasteiger charge is 2.34. The van der Waals surface area contributed by atoms with Gasteiger partial charge in [0.15, 0.2) is 11.0 Å². The highest BCUT2D eigenvalue weighted by molar-refractivity contribution is 8.18. The van der Waals surface area contributed by atoms with Crippen LogP contribution in [-0.4, -0.2) is 46.8 Å². The number of hydrogen-bond donors (Lipinski definition) is 1. The SMILES string of the molecule is CCNc1ccc(C(C)=O)cc1/N=C1\S/C(=C\N(C)CCc2ccccc2)C(=O)N1Cc1ccccc1. The molecule has 0 radical (unpaired) electrons. The fraction of sp³-hybridized carbons (Fsp3) is 0.233. The van der Waals surface area contributed by atoms with E-state index in [0.29, 0.717) is 34.4 Å². The summed E-state index contributed by atoms with van der Waals surface area (Å²) in [5, 5.41) is 3.91. The van der Waals surface area contributed by atoms with Crippen LogP contribution in [0.4, 0.5) is 11.4 Å². The Labute approximate surface area is 223 Å². The van der Waals surface area contributed by atoms with Crippen LogP contribution in [-0.2, 0) is 17.8 Å². The number of likely N-dealkylation sites (N-methyl/N-ethyl adjacent to an activating group) is 1. The quantitative estimate of drug-likeness (QED) is 0.263. The van der Waals surface area contributed by atoms with E-state index >= 15 is 0 Å². The van der Waals surface area contributed by atoms with Crippen molar-refractivity contribution in [3.05, 3.63) is 107 Å². The van der Waals surface area contributed by atoms with Crippen molar-refractivity contribution in [2.45, 2.75) is 26.8 Å². The molecule has 0 spiro atoms. The highest BCUT2D eigenvalue weighted by atomic mass is 32.2. The Morgan fingerprint density at radius 2 is 1.70 bits per heavy atom. The first-order chi connectivity index (χ1) is 17.9. The van der Waals surface area contributed by atoms with Crippen LogP contribution in [0, 0.1) is 0 Å². The van der Waals surface area contributed by atoms with Crippen LogP contribution in [0.5, 0.6) is 0 Å². The number of nitrogens with zero attached hydrogens (tertiary/aromatic N) is 3. The average Bonchev–Trinajstić information content (AvgIpc) is 3.18.